The molecule has 2 rings (SSSR count). The number of Topliss-reactive ketones (excluding diaryl/α,β-unsaturated/α-hetero) is 1. The van der Waals surface area contributed by atoms with Crippen LogP contribution < -0.4 is 5.32 Å². The molecule has 1 aliphatic heterocycles. The van der Waals surface area contributed by atoms with Gasteiger partial charge in [-0.25, -0.2) is 0 Å². The van der Waals surface area contributed by atoms with E-state index in [1.54, 1.807) is 0 Å². The van der Waals surface area contributed by atoms with Crippen molar-refractivity contribution in [3.05, 3.63) is 0 Å². The number of carbonyl (C=O) groups is 2. The second-order valence-electron chi connectivity index (χ2n) is 10.2. The van der Waals surface area contributed by atoms with Crippen LogP contribution in [0.1, 0.15) is 80.1 Å². The summed E-state index contributed by atoms with van der Waals surface area (Å²) in [6.07, 6.45) is 5.61. The predicted octanol–water partition coefficient (Wildman–Crippen LogP) is 3.79. The molecule has 2 aliphatic rings. The Morgan fingerprint density at radius 1 is 0.800 bits per heavy atom. The standard InChI is InChI=1S/C21H38N2O2/c1-20(2,3)18(24)15-7-9-16(10-8-15)19(25)23-13-11-17(12-14-23)22-21(4,5)6/h15-17,22H,7-14H2,1-6H3/t15-,16-. The molecule has 0 aromatic rings. The van der Waals surface area contributed by atoms with Crippen molar-refractivity contribution in [2.24, 2.45) is 17.3 Å². The summed E-state index contributed by atoms with van der Waals surface area (Å²) in [5, 5.41) is 3.65. The fourth-order valence-corrected chi connectivity index (χ4v) is 4.33. The molecular formula is C21H38N2O2. The first-order chi connectivity index (χ1) is 11.5. The van der Waals surface area contributed by atoms with Gasteiger partial charge in [-0.05, 0) is 59.3 Å². The third-order valence-corrected chi connectivity index (χ3v) is 5.63. The molecule has 1 saturated carbocycles. The van der Waals surface area contributed by atoms with Gasteiger partial charge in [-0.1, -0.05) is 20.8 Å². The maximum Gasteiger partial charge on any atom is 0.225 e. The van der Waals surface area contributed by atoms with E-state index in [0.717, 1.165) is 51.6 Å². The third kappa shape index (κ3) is 5.80. The Hall–Kier alpha value is -0.900. The Morgan fingerprint density at radius 2 is 1.28 bits per heavy atom. The highest BCUT2D eigenvalue weighted by Crippen LogP contribution is 2.35. The number of rotatable bonds is 3. The summed E-state index contributed by atoms with van der Waals surface area (Å²) in [6, 6.07) is 0.518. The predicted molar refractivity (Wildman–Crippen MR) is 102 cm³/mol. The van der Waals surface area contributed by atoms with Crippen LogP contribution in [0.5, 0.6) is 0 Å². The van der Waals surface area contributed by atoms with Crippen LogP contribution in [0.2, 0.25) is 0 Å². The third-order valence-electron chi connectivity index (χ3n) is 5.63. The van der Waals surface area contributed by atoms with E-state index in [9.17, 15) is 9.59 Å². The van der Waals surface area contributed by atoms with Crippen LogP contribution in [-0.4, -0.2) is 41.3 Å². The van der Waals surface area contributed by atoms with Crippen molar-refractivity contribution < 1.29 is 9.59 Å². The van der Waals surface area contributed by atoms with Gasteiger partial charge in [0.2, 0.25) is 5.91 Å². The molecule has 1 heterocycles. The topological polar surface area (TPSA) is 49.4 Å². The summed E-state index contributed by atoms with van der Waals surface area (Å²) in [5.41, 5.74) is -0.127. The highest BCUT2D eigenvalue weighted by molar-refractivity contribution is 5.86. The lowest BCUT2D eigenvalue weighted by molar-refractivity contribution is -0.140. The summed E-state index contributed by atoms with van der Waals surface area (Å²) < 4.78 is 0. The van der Waals surface area contributed by atoms with Gasteiger partial charge in [-0.3, -0.25) is 9.59 Å². The van der Waals surface area contributed by atoms with E-state index in [4.69, 9.17) is 0 Å². The lowest BCUT2D eigenvalue weighted by Crippen LogP contribution is -2.51. The van der Waals surface area contributed by atoms with Crippen molar-refractivity contribution >= 4 is 11.7 Å². The SMILES string of the molecule is CC(C)(C)NC1CCN(C(=O)[C@H]2CC[C@H](C(=O)C(C)(C)C)CC2)CC1. The molecule has 0 spiro atoms. The average Bonchev–Trinajstić information content (AvgIpc) is 2.52. The first-order valence-electron chi connectivity index (χ1n) is 10.1. The molecule has 4 nitrogen and oxygen atoms in total. The average molecular weight is 351 g/mol. The summed E-state index contributed by atoms with van der Waals surface area (Å²) >= 11 is 0. The van der Waals surface area contributed by atoms with Crippen LogP contribution in [0.15, 0.2) is 0 Å². The number of amides is 1. The molecule has 1 N–H and O–H groups in total. The summed E-state index contributed by atoms with van der Waals surface area (Å²) in [5.74, 6) is 0.991. The fraction of sp³-hybridized carbons (Fsp3) is 0.905. The Balaban J connectivity index is 1.79. The van der Waals surface area contributed by atoms with Crippen LogP contribution in [0, 0.1) is 17.3 Å². The molecule has 1 amide bonds. The number of ketones is 1. The number of likely N-dealkylation sites (tertiary alicyclic amines) is 1. The van der Waals surface area contributed by atoms with Gasteiger partial charge in [0.25, 0.3) is 0 Å². The van der Waals surface area contributed by atoms with Crippen LogP contribution in [-0.2, 0) is 9.59 Å². The van der Waals surface area contributed by atoms with Gasteiger partial charge in [0.05, 0.1) is 0 Å². The van der Waals surface area contributed by atoms with Crippen molar-refractivity contribution in [2.75, 3.05) is 13.1 Å². The smallest absolute Gasteiger partial charge is 0.225 e. The minimum Gasteiger partial charge on any atom is -0.342 e. The van der Waals surface area contributed by atoms with Gasteiger partial charge in [-0.15, -0.1) is 0 Å². The molecule has 2 fully saturated rings. The highest BCUT2D eigenvalue weighted by atomic mass is 16.2. The Kier molecular flexibility index (Phi) is 6.35. The maximum atomic E-state index is 12.8. The number of carbonyl (C=O) groups excluding carboxylic acids is 2. The maximum absolute atomic E-state index is 12.8. The zero-order chi connectivity index (χ0) is 18.8. The molecule has 0 atom stereocenters. The summed E-state index contributed by atoms with van der Waals surface area (Å²) in [4.78, 5) is 27.4. The first kappa shape index (κ1) is 20.4. The number of hydrogen-bond acceptors (Lipinski definition) is 3. The zero-order valence-corrected chi connectivity index (χ0v) is 17.2. The molecule has 0 aromatic heterocycles. The molecule has 0 unspecified atom stereocenters. The Morgan fingerprint density at radius 3 is 1.72 bits per heavy atom. The molecule has 1 saturated heterocycles. The molecule has 0 bridgehead atoms. The van der Waals surface area contributed by atoms with Crippen molar-refractivity contribution in [3.63, 3.8) is 0 Å². The van der Waals surface area contributed by atoms with E-state index in [1.807, 2.05) is 20.8 Å². The Bertz CT molecular complexity index is 471. The second kappa shape index (κ2) is 7.77. The lowest BCUT2D eigenvalue weighted by atomic mass is 9.73. The zero-order valence-electron chi connectivity index (χ0n) is 17.2. The van der Waals surface area contributed by atoms with Crippen LogP contribution in [0.3, 0.4) is 0 Å². The summed E-state index contributed by atoms with van der Waals surface area (Å²) in [7, 11) is 0. The molecule has 0 aromatic carbocycles. The monoisotopic (exact) mass is 350 g/mol. The van der Waals surface area contributed by atoms with E-state index >= 15 is 0 Å². The van der Waals surface area contributed by atoms with Gasteiger partial charge in [0.1, 0.15) is 5.78 Å². The lowest BCUT2D eigenvalue weighted by Gasteiger charge is -2.39. The van der Waals surface area contributed by atoms with Crippen molar-refractivity contribution in [2.45, 2.75) is 91.6 Å². The molecule has 144 valence electrons. The molecular weight excluding hydrogens is 312 g/mol. The minimum atomic E-state index is -0.260. The summed E-state index contributed by atoms with van der Waals surface area (Å²) in [6.45, 7) is 14.3. The van der Waals surface area contributed by atoms with Gasteiger partial charge >= 0.3 is 0 Å². The van der Waals surface area contributed by atoms with Crippen molar-refractivity contribution in [1.29, 1.82) is 0 Å². The van der Waals surface area contributed by atoms with Gasteiger partial charge in [0, 0.05) is 41.9 Å². The van der Waals surface area contributed by atoms with Gasteiger partial charge in [0.15, 0.2) is 0 Å². The largest absolute Gasteiger partial charge is 0.342 e. The van der Waals surface area contributed by atoms with E-state index in [2.05, 4.69) is 31.0 Å². The first-order valence-corrected chi connectivity index (χ1v) is 10.1. The number of piperidine rings is 1. The van der Waals surface area contributed by atoms with E-state index in [1.165, 1.54) is 0 Å². The highest BCUT2D eigenvalue weighted by Gasteiger charge is 2.36. The van der Waals surface area contributed by atoms with Crippen LogP contribution >= 0.6 is 0 Å². The van der Waals surface area contributed by atoms with Crippen LogP contribution in [0.25, 0.3) is 0 Å². The fourth-order valence-electron chi connectivity index (χ4n) is 4.33. The van der Waals surface area contributed by atoms with E-state index < -0.39 is 0 Å². The normalized spacial score (nSPS) is 26.6. The van der Waals surface area contributed by atoms with Gasteiger partial charge < -0.3 is 10.2 Å². The molecule has 4 heteroatoms. The minimum absolute atomic E-state index is 0.134. The van der Waals surface area contributed by atoms with Crippen molar-refractivity contribution in [3.8, 4) is 0 Å². The van der Waals surface area contributed by atoms with Gasteiger partial charge in [-0.2, -0.15) is 0 Å². The van der Waals surface area contributed by atoms with E-state index in [0.29, 0.717) is 17.7 Å². The number of nitrogens with one attached hydrogen (secondary N) is 1. The molecule has 1 aliphatic carbocycles. The Labute approximate surface area is 154 Å². The quantitative estimate of drug-likeness (QED) is 0.842. The number of hydrogen-bond donors (Lipinski definition) is 1. The molecule has 0 radical (unpaired) electrons. The van der Waals surface area contributed by atoms with Crippen molar-refractivity contribution in [1.82, 2.24) is 10.2 Å². The molecule has 25 heavy (non-hydrogen) atoms. The van der Waals surface area contributed by atoms with Crippen LogP contribution in [0.4, 0.5) is 0 Å². The van der Waals surface area contributed by atoms with E-state index in [-0.39, 0.29) is 22.8 Å². The second-order valence-corrected chi connectivity index (χ2v) is 10.2. The number of nitrogens with zero attached hydrogens (tertiary/aromatic N) is 1.